The quantitative estimate of drug-likeness (QED) is 0.218. The lowest BCUT2D eigenvalue weighted by Crippen LogP contribution is -2.33. The lowest BCUT2D eigenvalue weighted by atomic mass is 10.3. The van der Waals surface area contributed by atoms with Gasteiger partial charge in [-0.25, -0.2) is 20.0 Å². The van der Waals surface area contributed by atoms with Gasteiger partial charge < -0.3 is 29.0 Å². The molecule has 0 aliphatic carbocycles. The average molecular weight is 507 g/mol. The number of imidazole rings is 1. The first-order valence-electron chi connectivity index (χ1n) is 11.8. The van der Waals surface area contributed by atoms with Crippen molar-refractivity contribution in [3.63, 3.8) is 0 Å². The van der Waals surface area contributed by atoms with E-state index >= 15 is 0 Å². The Morgan fingerprint density at radius 2 is 1.77 bits per heavy atom. The molecule has 3 aromatic rings. The van der Waals surface area contributed by atoms with Crippen LogP contribution in [0, 0.1) is 0 Å². The van der Waals surface area contributed by atoms with Crippen LogP contribution in [0.4, 0.5) is 5.82 Å². The molecule has 0 aliphatic rings. The number of nitrogens with zero attached hydrogens (tertiary/aromatic N) is 4. The summed E-state index contributed by atoms with van der Waals surface area (Å²) in [7, 11) is -3.46. The number of benzene rings is 1. The number of fused-ring (bicyclic) bond motifs is 1. The maximum Gasteiger partial charge on any atom is 0.342 e. The molecule has 12 heteroatoms. The van der Waals surface area contributed by atoms with E-state index in [-0.39, 0.29) is 19.0 Å². The van der Waals surface area contributed by atoms with Crippen LogP contribution < -0.4 is 15.3 Å². The number of aromatic nitrogens is 4. The van der Waals surface area contributed by atoms with Gasteiger partial charge >= 0.3 is 7.52 Å². The fraction of sp³-hybridized carbons (Fsp3) is 0.522. The maximum absolute atomic E-state index is 13.8. The van der Waals surface area contributed by atoms with Crippen molar-refractivity contribution < 1.29 is 23.3 Å². The lowest BCUT2D eigenvalue weighted by molar-refractivity contribution is -0.137. The number of rotatable bonds is 16. The van der Waals surface area contributed by atoms with E-state index < -0.39 is 13.8 Å². The van der Waals surface area contributed by atoms with Gasteiger partial charge in [0.25, 0.3) is 0 Å². The fourth-order valence-corrected chi connectivity index (χ4v) is 4.77. The Kier molecular flexibility index (Phi) is 10.4. The first-order chi connectivity index (χ1) is 16.9. The number of nitrogens with one attached hydrogen (secondary N) is 1. The first-order valence-corrected chi connectivity index (χ1v) is 13.6. The molecule has 0 saturated carbocycles. The van der Waals surface area contributed by atoms with Gasteiger partial charge in [-0.2, -0.15) is 0 Å². The molecule has 0 spiro atoms. The van der Waals surface area contributed by atoms with E-state index in [1.807, 2.05) is 43.5 Å². The second-order valence-electron chi connectivity index (χ2n) is 8.05. The van der Waals surface area contributed by atoms with Gasteiger partial charge in [-0.05, 0) is 31.9 Å². The van der Waals surface area contributed by atoms with Gasteiger partial charge in [-0.1, -0.05) is 32.0 Å². The van der Waals surface area contributed by atoms with Gasteiger partial charge in [0.15, 0.2) is 17.8 Å². The predicted octanol–water partition coefficient (Wildman–Crippen LogP) is 3.81. The molecular formula is C23H35N6O5P. The van der Waals surface area contributed by atoms with E-state index in [1.54, 1.807) is 18.5 Å². The number of hydrogen-bond donors (Lipinski definition) is 2. The van der Waals surface area contributed by atoms with Crippen LogP contribution in [0.3, 0.4) is 0 Å². The van der Waals surface area contributed by atoms with Crippen molar-refractivity contribution >= 4 is 24.5 Å². The molecule has 2 heterocycles. The van der Waals surface area contributed by atoms with Crippen LogP contribution in [0.1, 0.15) is 33.6 Å². The van der Waals surface area contributed by atoms with Gasteiger partial charge in [0, 0.05) is 13.2 Å². The number of hydrogen-bond acceptors (Lipinski definition) is 9. The number of ether oxygens (including phenoxy) is 3. The van der Waals surface area contributed by atoms with Crippen LogP contribution in [0.15, 0.2) is 43.0 Å². The summed E-state index contributed by atoms with van der Waals surface area (Å²) in [4.78, 5) is 12.5. The first kappa shape index (κ1) is 27.0. The summed E-state index contributed by atoms with van der Waals surface area (Å²) >= 11 is 0. The maximum atomic E-state index is 13.8. The minimum absolute atomic E-state index is 0.152. The van der Waals surface area contributed by atoms with Gasteiger partial charge in [-0.3, -0.25) is 4.57 Å². The Bertz CT molecular complexity index is 1070. The Morgan fingerprint density at radius 3 is 2.46 bits per heavy atom. The van der Waals surface area contributed by atoms with E-state index in [2.05, 4.69) is 20.0 Å². The van der Waals surface area contributed by atoms with Crippen LogP contribution in [-0.4, -0.2) is 58.0 Å². The van der Waals surface area contributed by atoms with Crippen molar-refractivity contribution in [1.29, 1.82) is 0 Å². The summed E-state index contributed by atoms with van der Waals surface area (Å²) in [5.74, 6) is 0.797. The van der Waals surface area contributed by atoms with Gasteiger partial charge in [0.1, 0.15) is 23.9 Å². The number of para-hydroxylation sites is 1. The second kappa shape index (κ2) is 13.5. The van der Waals surface area contributed by atoms with Gasteiger partial charge in [0.2, 0.25) is 0 Å². The molecule has 0 aliphatic heterocycles. The third-order valence-corrected chi connectivity index (χ3v) is 6.58. The molecule has 0 fully saturated rings. The molecule has 0 saturated heterocycles. The van der Waals surface area contributed by atoms with Crippen LogP contribution >= 0.6 is 7.52 Å². The molecule has 2 atom stereocenters. The second-order valence-corrected chi connectivity index (χ2v) is 10.1. The van der Waals surface area contributed by atoms with Crippen molar-refractivity contribution in [1.82, 2.24) is 24.6 Å². The Balaban J connectivity index is 1.66. The van der Waals surface area contributed by atoms with Crippen LogP contribution in [0.5, 0.6) is 5.75 Å². The normalized spacial score (nSPS) is 14.3. The summed E-state index contributed by atoms with van der Waals surface area (Å²) in [6, 6.07) is 9.00. The van der Waals surface area contributed by atoms with Gasteiger partial charge in [0.05, 0.1) is 25.5 Å². The standard InChI is InChI=1S/C23H35N6O5P/c1-4-11-31-20(32-12-5-2)13-28-35(30,34-19-9-7-6-8-10-19)17-33-18(3)14-29-16-27-21-22(24)25-15-26-23(21)29/h6-10,15-16,18,20H,4-5,11-14,17H2,1-3H3,(H,28,30)(H2,24,25,26). The average Bonchev–Trinajstić information content (AvgIpc) is 3.27. The van der Waals surface area contributed by atoms with Crippen molar-refractivity contribution in [2.24, 2.45) is 0 Å². The van der Waals surface area contributed by atoms with Crippen molar-refractivity contribution in [2.45, 2.75) is 52.6 Å². The van der Waals surface area contributed by atoms with Crippen LogP contribution in [0.25, 0.3) is 11.2 Å². The van der Waals surface area contributed by atoms with E-state index in [0.29, 0.717) is 42.5 Å². The number of nitrogen functional groups attached to an aromatic ring is 1. The molecule has 35 heavy (non-hydrogen) atoms. The summed E-state index contributed by atoms with van der Waals surface area (Å²) < 4.78 is 39.0. The predicted molar refractivity (Wildman–Crippen MR) is 134 cm³/mol. The molecule has 192 valence electrons. The van der Waals surface area contributed by atoms with E-state index in [1.165, 1.54) is 6.33 Å². The SMILES string of the molecule is CCCOC(CNP(=O)(COC(C)Cn1cnc2c(N)ncnc21)Oc1ccccc1)OCCC. The highest BCUT2D eigenvalue weighted by Gasteiger charge is 2.28. The zero-order valence-electron chi connectivity index (χ0n) is 20.5. The van der Waals surface area contributed by atoms with E-state index in [9.17, 15) is 4.57 Å². The molecule has 3 N–H and O–H groups in total. The van der Waals surface area contributed by atoms with Crippen LogP contribution in [-0.2, 0) is 25.3 Å². The molecule has 11 nitrogen and oxygen atoms in total. The minimum atomic E-state index is -3.46. The third kappa shape index (κ3) is 8.26. The monoisotopic (exact) mass is 506 g/mol. The number of anilines is 1. The summed E-state index contributed by atoms with van der Waals surface area (Å²) in [5, 5.41) is 3.02. The lowest BCUT2D eigenvalue weighted by Gasteiger charge is -2.25. The highest BCUT2D eigenvalue weighted by atomic mass is 31.2. The zero-order valence-corrected chi connectivity index (χ0v) is 21.4. The van der Waals surface area contributed by atoms with Gasteiger partial charge in [-0.15, -0.1) is 0 Å². The van der Waals surface area contributed by atoms with E-state index in [0.717, 1.165) is 12.8 Å². The molecule has 3 rings (SSSR count). The topological polar surface area (TPSA) is 136 Å². The Morgan fingerprint density at radius 1 is 1.06 bits per heavy atom. The highest BCUT2D eigenvalue weighted by Crippen LogP contribution is 2.43. The largest absolute Gasteiger partial charge is 0.431 e. The molecule has 0 radical (unpaired) electrons. The zero-order chi connectivity index (χ0) is 25.1. The summed E-state index contributed by atoms with van der Waals surface area (Å²) in [5.41, 5.74) is 7.01. The number of nitrogens with two attached hydrogens (primary N) is 1. The fourth-order valence-electron chi connectivity index (χ4n) is 3.22. The van der Waals surface area contributed by atoms with Crippen molar-refractivity contribution in [2.75, 3.05) is 31.8 Å². The summed E-state index contributed by atoms with van der Waals surface area (Å²) in [6.07, 6.45) is 3.72. The molecule has 2 unspecified atom stereocenters. The smallest absolute Gasteiger partial charge is 0.342 e. The molecular weight excluding hydrogens is 471 g/mol. The molecule has 2 aromatic heterocycles. The molecule has 0 bridgehead atoms. The van der Waals surface area contributed by atoms with Crippen LogP contribution in [0.2, 0.25) is 0 Å². The van der Waals surface area contributed by atoms with Crippen molar-refractivity contribution in [3.8, 4) is 5.75 Å². The highest BCUT2D eigenvalue weighted by molar-refractivity contribution is 7.57. The summed E-state index contributed by atoms with van der Waals surface area (Å²) in [6.45, 7) is 7.63. The Labute approximate surface area is 205 Å². The van der Waals surface area contributed by atoms with Crippen molar-refractivity contribution in [3.05, 3.63) is 43.0 Å². The molecule has 1 aromatic carbocycles. The molecule has 0 amide bonds. The Hall–Kier alpha value is -2.56. The third-order valence-electron chi connectivity index (χ3n) is 4.92. The van der Waals surface area contributed by atoms with E-state index in [4.69, 9.17) is 24.5 Å². The minimum Gasteiger partial charge on any atom is -0.431 e.